The van der Waals surface area contributed by atoms with Gasteiger partial charge in [-0.1, -0.05) is 11.6 Å². The Hall–Kier alpha value is -0.390. The van der Waals surface area contributed by atoms with E-state index in [0.29, 0.717) is 22.4 Å². The van der Waals surface area contributed by atoms with Gasteiger partial charge in [-0.2, -0.15) is 23.5 Å². The maximum atomic E-state index is 11.9. The molecule has 0 radical (unpaired) electrons. The third kappa shape index (κ3) is 3.79. The van der Waals surface area contributed by atoms with Gasteiger partial charge in [-0.3, -0.25) is 9.78 Å². The van der Waals surface area contributed by atoms with Crippen LogP contribution in [0.25, 0.3) is 0 Å². The topological polar surface area (TPSA) is 42.0 Å². The largest absolute Gasteiger partial charge is 0.351 e. The van der Waals surface area contributed by atoms with Crippen molar-refractivity contribution in [2.24, 2.45) is 0 Å². The molecule has 1 aliphatic rings. The molecule has 6 heteroatoms. The maximum Gasteiger partial charge on any atom is 0.252 e. The van der Waals surface area contributed by atoms with Gasteiger partial charge in [-0.15, -0.1) is 0 Å². The molecule has 0 aromatic carbocycles. The van der Waals surface area contributed by atoms with Crippen molar-refractivity contribution < 1.29 is 4.79 Å². The molecular weight excluding hydrogens is 276 g/mol. The second-order valence-electron chi connectivity index (χ2n) is 3.63. The van der Waals surface area contributed by atoms with Gasteiger partial charge in [-0.25, -0.2) is 0 Å². The Kier molecular flexibility index (Phi) is 5.00. The van der Waals surface area contributed by atoms with E-state index < -0.39 is 0 Å². The van der Waals surface area contributed by atoms with Crippen LogP contribution in [0, 0.1) is 0 Å². The van der Waals surface area contributed by atoms with E-state index in [1.54, 1.807) is 12.3 Å². The van der Waals surface area contributed by atoms with E-state index in [1.807, 2.05) is 23.5 Å². The molecule has 3 nitrogen and oxygen atoms in total. The second-order valence-corrected chi connectivity index (χ2v) is 6.60. The number of rotatable bonds is 3. The molecule has 0 spiro atoms. The number of carbonyl (C=O) groups excluding carboxylic acids is 1. The summed E-state index contributed by atoms with van der Waals surface area (Å²) < 4.78 is 0. The standard InChI is InChI=1S/C11H13ClN2OS2/c12-10-6-13-2-1-9(10)11(15)14-5-8-7-16-3-4-17-8/h1-2,6,8H,3-5,7H2,(H,14,15). The number of thioether (sulfide) groups is 2. The van der Waals surface area contributed by atoms with Gasteiger partial charge in [0.1, 0.15) is 0 Å². The van der Waals surface area contributed by atoms with E-state index in [-0.39, 0.29) is 5.91 Å². The molecule has 1 aromatic rings. The Morgan fingerprint density at radius 3 is 3.18 bits per heavy atom. The highest BCUT2D eigenvalue weighted by molar-refractivity contribution is 8.06. The van der Waals surface area contributed by atoms with E-state index in [1.165, 1.54) is 17.7 Å². The van der Waals surface area contributed by atoms with Gasteiger partial charge in [0.15, 0.2) is 0 Å². The van der Waals surface area contributed by atoms with Crippen LogP contribution in [0.15, 0.2) is 18.5 Å². The van der Waals surface area contributed by atoms with Crippen LogP contribution in [0.5, 0.6) is 0 Å². The molecule has 2 heterocycles. The normalized spacial score (nSPS) is 19.9. The highest BCUT2D eigenvalue weighted by Gasteiger charge is 2.16. The van der Waals surface area contributed by atoms with Crippen molar-refractivity contribution in [1.82, 2.24) is 10.3 Å². The summed E-state index contributed by atoms with van der Waals surface area (Å²) in [4.78, 5) is 15.7. The van der Waals surface area contributed by atoms with Crippen molar-refractivity contribution in [3.05, 3.63) is 29.0 Å². The summed E-state index contributed by atoms with van der Waals surface area (Å²) in [6.45, 7) is 0.704. The predicted octanol–water partition coefficient (Wildman–Crippen LogP) is 2.31. The summed E-state index contributed by atoms with van der Waals surface area (Å²) in [5.74, 6) is 3.37. The number of nitrogens with zero attached hydrogens (tertiary/aromatic N) is 1. The number of pyridine rings is 1. The number of nitrogens with one attached hydrogen (secondary N) is 1. The summed E-state index contributed by atoms with van der Waals surface area (Å²) in [6, 6.07) is 1.64. The van der Waals surface area contributed by atoms with E-state index in [2.05, 4.69) is 10.3 Å². The molecule has 0 bridgehead atoms. The Balaban J connectivity index is 1.87. The third-order valence-electron chi connectivity index (χ3n) is 2.39. The molecule has 1 aliphatic heterocycles. The number of hydrogen-bond donors (Lipinski definition) is 1. The Morgan fingerprint density at radius 1 is 1.59 bits per heavy atom. The lowest BCUT2D eigenvalue weighted by Crippen LogP contribution is -2.33. The number of hydrogen-bond acceptors (Lipinski definition) is 4. The van der Waals surface area contributed by atoms with Crippen LogP contribution >= 0.6 is 35.1 Å². The lowest BCUT2D eigenvalue weighted by atomic mass is 10.2. The first-order valence-corrected chi connectivity index (χ1v) is 7.92. The first kappa shape index (κ1) is 13.1. The third-order valence-corrected chi connectivity index (χ3v) is 5.54. The van der Waals surface area contributed by atoms with Crippen LogP contribution in [-0.2, 0) is 0 Å². The first-order valence-electron chi connectivity index (χ1n) is 5.34. The van der Waals surface area contributed by atoms with Crippen molar-refractivity contribution in [3.8, 4) is 0 Å². The number of aromatic nitrogens is 1. The van der Waals surface area contributed by atoms with Crippen LogP contribution in [0.3, 0.4) is 0 Å². The van der Waals surface area contributed by atoms with Crippen LogP contribution in [-0.4, -0.2) is 39.9 Å². The summed E-state index contributed by atoms with van der Waals surface area (Å²) in [6.07, 6.45) is 3.06. The summed E-state index contributed by atoms with van der Waals surface area (Å²) in [7, 11) is 0. The molecule has 92 valence electrons. The minimum absolute atomic E-state index is 0.117. The molecule has 1 fully saturated rings. The molecule has 1 N–H and O–H groups in total. The minimum Gasteiger partial charge on any atom is -0.351 e. The average Bonchev–Trinajstić information content (AvgIpc) is 2.38. The van der Waals surface area contributed by atoms with E-state index >= 15 is 0 Å². The van der Waals surface area contributed by atoms with Crippen LogP contribution in [0.4, 0.5) is 0 Å². The molecule has 0 aliphatic carbocycles. The van der Waals surface area contributed by atoms with Gasteiger partial charge in [0.05, 0.1) is 10.6 Å². The molecule has 1 unspecified atom stereocenters. The molecule has 1 saturated heterocycles. The number of carbonyl (C=O) groups is 1. The fraction of sp³-hybridized carbons (Fsp3) is 0.455. The Morgan fingerprint density at radius 2 is 2.47 bits per heavy atom. The van der Waals surface area contributed by atoms with E-state index in [9.17, 15) is 4.79 Å². The zero-order valence-corrected chi connectivity index (χ0v) is 11.6. The van der Waals surface area contributed by atoms with Crippen molar-refractivity contribution in [2.75, 3.05) is 23.8 Å². The van der Waals surface area contributed by atoms with Gasteiger partial charge in [0, 0.05) is 41.4 Å². The Bertz CT molecular complexity index is 397. The van der Waals surface area contributed by atoms with Crippen molar-refractivity contribution in [3.63, 3.8) is 0 Å². The van der Waals surface area contributed by atoms with Crippen LogP contribution < -0.4 is 5.32 Å². The predicted molar refractivity (Wildman–Crippen MR) is 75.2 cm³/mol. The maximum absolute atomic E-state index is 11.9. The molecule has 0 saturated carbocycles. The molecular formula is C11H13ClN2OS2. The van der Waals surface area contributed by atoms with Gasteiger partial charge in [0.25, 0.3) is 5.91 Å². The average molecular weight is 289 g/mol. The highest BCUT2D eigenvalue weighted by Crippen LogP contribution is 2.23. The summed E-state index contributed by atoms with van der Waals surface area (Å²) in [5, 5.41) is 3.84. The molecule has 1 atom stereocenters. The van der Waals surface area contributed by atoms with Gasteiger partial charge >= 0.3 is 0 Å². The quantitative estimate of drug-likeness (QED) is 0.927. The lowest BCUT2D eigenvalue weighted by Gasteiger charge is -2.21. The SMILES string of the molecule is O=C(NCC1CSCCS1)c1ccncc1Cl. The van der Waals surface area contributed by atoms with Gasteiger partial charge in [-0.05, 0) is 6.07 Å². The van der Waals surface area contributed by atoms with Crippen molar-refractivity contribution >= 4 is 41.0 Å². The molecule has 1 aromatic heterocycles. The zero-order valence-electron chi connectivity index (χ0n) is 9.19. The second kappa shape index (κ2) is 6.52. The summed E-state index contributed by atoms with van der Waals surface area (Å²) in [5.41, 5.74) is 0.495. The fourth-order valence-electron chi connectivity index (χ4n) is 1.52. The van der Waals surface area contributed by atoms with Crippen molar-refractivity contribution in [2.45, 2.75) is 5.25 Å². The van der Waals surface area contributed by atoms with Gasteiger partial charge in [0.2, 0.25) is 0 Å². The number of halogens is 1. The van der Waals surface area contributed by atoms with Crippen LogP contribution in [0.2, 0.25) is 5.02 Å². The smallest absolute Gasteiger partial charge is 0.252 e. The number of amides is 1. The summed E-state index contributed by atoms with van der Waals surface area (Å²) >= 11 is 9.78. The van der Waals surface area contributed by atoms with E-state index in [4.69, 9.17) is 11.6 Å². The fourth-order valence-corrected chi connectivity index (χ4v) is 4.33. The minimum atomic E-state index is -0.117. The monoisotopic (exact) mass is 288 g/mol. The van der Waals surface area contributed by atoms with Gasteiger partial charge < -0.3 is 5.32 Å². The van der Waals surface area contributed by atoms with Crippen molar-refractivity contribution in [1.29, 1.82) is 0 Å². The van der Waals surface area contributed by atoms with E-state index in [0.717, 1.165) is 5.75 Å². The Labute approximate surface area is 114 Å². The highest BCUT2D eigenvalue weighted by atomic mass is 35.5. The molecule has 1 amide bonds. The lowest BCUT2D eigenvalue weighted by molar-refractivity contribution is 0.0954. The molecule has 2 rings (SSSR count). The first-order chi connectivity index (χ1) is 8.27. The molecule has 17 heavy (non-hydrogen) atoms. The van der Waals surface area contributed by atoms with Crippen LogP contribution in [0.1, 0.15) is 10.4 Å². The zero-order chi connectivity index (χ0) is 12.1.